The predicted octanol–water partition coefficient (Wildman–Crippen LogP) is 0.351. The maximum absolute atomic E-state index is 10.9. The van der Waals surface area contributed by atoms with Gasteiger partial charge in [0, 0.05) is 12.9 Å². The highest BCUT2D eigenvalue weighted by Crippen LogP contribution is 2.31. The molecular formula is C8H13NO3S. The van der Waals surface area contributed by atoms with Gasteiger partial charge in [-0.3, -0.25) is 0 Å². The van der Waals surface area contributed by atoms with Crippen LogP contribution in [0.25, 0.3) is 0 Å². The Morgan fingerprint density at radius 2 is 2.31 bits per heavy atom. The minimum Gasteiger partial charge on any atom is -0.380 e. The second kappa shape index (κ2) is 3.64. The van der Waals surface area contributed by atoms with Crippen LogP contribution in [0.2, 0.25) is 0 Å². The van der Waals surface area contributed by atoms with Crippen molar-refractivity contribution in [3.05, 3.63) is 0 Å². The molecule has 0 aromatic rings. The molecule has 1 atom stereocenters. The fourth-order valence-electron chi connectivity index (χ4n) is 1.33. The molecule has 74 valence electrons. The molecule has 1 saturated heterocycles. The van der Waals surface area contributed by atoms with Gasteiger partial charge in [-0.1, -0.05) is 0 Å². The SMILES string of the molecule is CS(=O)(=O)CCC1(C#N)CCOC1. The number of hydrogen-bond donors (Lipinski definition) is 0. The molecule has 0 aliphatic carbocycles. The molecule has 4 nitrogen and oxygen atoms in total. The highest BCUT2D eigenvalue weighted by Gasteiger charge is 2.35. The van der Waals surface area contributed by atoms with E-state index in [0.717, 1.165) is 0 Å². The average Bonchev–Trinajstić information content (AvgIpc) is 2.49. The van der Waals surface area contributed by atoms with Crippen molar-refractivity contribution in [3.63, 3.8) is 0 Å². The molecule has 0 aromatic carbocycles. The Hall–Kier alpha value is -0.600. The first-order valence-corrected chi connectivity index (χ1v) is 6.20. The average molecular weight is 203 g/mol. The Kier molecular flexibility index (Phi) is 2.94. The van der Waals surface area contributed by atoms with Gasteiger partial charge in [0.25, 0.3) is 0 Å². The number of nitriles is 1. The Labute approximate surface area is 78.4 Å². The van der Waals surface area contributed by atoms with Crippen LogP contribution in [0.4, 0.5) is 0 Å². The van der Waals surface area contributed by atoms with Gasteiger partial charge < -0.3 is 4.74 Å². The van der Waals surface area contributed by atoms with Gasteiger partial charge in [-0.05, 0) is 12.8 Å². The normalized spacial score (nSPS) is 28.6. The van der Waals surface area contributed by atoms with E-state index < -0.39 is 15.3 Å². The molecule has 1 heterocycles. The van der Waals surface area contributed by atoms with E-state index in [1.807, 2.05) is 0 Å². The van der Waals surface area contributed by atoms with Crippen molar-refractivity contribution in [1.82, 2.24) is 0 Å². The second-order valence-electron chi connectivity index (χ2n) is 3.57. The summed E-state index contributed by atoms with van der Waals surface area (Å²) >= 11 is 0. The number of rotatable bonds is 3. The van der Waals surface area contributed by atoms with Crippen molar-refractivity contribution in [2.75, 3.05) is 25.2 Å². The molecule has 0 N–H and O–H groups in total. The second-order valence-corrected chi connectivity index (χ2v) is 5.83. The van der Waals surface area contributed by atoms with Crippen LogP contribution in [0.15, 0.2) is 0 Å². The molecule has 1 aliphatic heterocycles. The third kappa shape index (κ3) is 2.98. The van der Waals surface area contributed by atoms with Crippen LogP contribution in [0.3, 0.4) is 0 Å². The summed E-state index contributed by atoms with van der Waals surface area (Å²) in [6.45, 7) is 0.941. The molecule has 0 bridgehead atoms. The molecule has 1 unspecified atom stereocenters. The molecule has 1 rings (SSSR count). The van der Waals surface area contributed by atoms with Crippen molar-refractivity contribution in [2.24, 2.45) is 5.41 Å². The van der Waals surface area contributed by atoms with Crippen molar-refractivity contribution >= 4 is 9.84 Å². The molecule has 0 saturated carbocycles. The molecule has 0 amide bonds. The van der Waals surface area contributed by atoms with Crippen LogP contribution in [-0.4, -0.2) is 33.6 Å². The van der Waals surface area contributed by atoms with E-state index in [4.69, 9.17) is 10.00 Å². The lowest BCUT2D eigenvalue weighted by molar-refractivity contribution is 0.170. The van der Waals surface area contributed by atoms with Crippen LogP contribution < -0.4 is 0 Å². The van der Waals surface area contributed by atoms with Crippen molar-refractivity contribution < 1.29 is 13.2 Å². The van der Waals surface area contributed by atoms with Crippen LogP contribution >= 0.6 is 0 Å². The number of hydrogen-bond acceptors (Lipinski definition) is 4. The van der Waals surface area contributed by atoms with E-state index in [0.29, 0.717) is 26.1 Å². The topological polar surface area (TPSA) is 67.2 Å². The van der Waals surface area contributed by atoms with Gasteiger partial charge >= 0.3 is 0 Å². The van der Waals surface area contributed by atoms with Gasteiger partial charge in [-0.25, -0.2) is 8.42 Å². The Balaban J connectivity index is 2.56. The molecule has 0 spiro atoms. The fourth-order valence-corrected chi connectivity index (χ4v) is 2.09. The predicted molar refractivity (Wildman–Crippen MR) is 47.8 cm³/mol. The summed E-state index contributed by atoms with van der Waals surface area (Å²) in [4.78, 5) is 0. The molecule has 5 heteroatoms. The summed E-state index contributed by atoms with van der Waals surface area (Å²) in [5.74, 6) is 0.0733. The molecule has 13 heavy (non-hydrogen) atoms. The monoisotopic (exact) mass is 203 g/mol. The van der Waals surface area contributed by atoms with Crippen LogP contribution in [0, 0.1) is 16.7 Å². The minimum atomic E-state index is -2.97. The summed E-state index contributed by atoms with van der Waals surface area (Å²) in [6.07, 6.45) is 2.23. The molecule has 1 aliphatic rings. The van der Waals surface area contributed by atoms with Crippen LogP contribution in [0.1, 0.15) is 12.8 Å². The van der Waals surface area contributed by atoms with Crippen molar-refractivity contribution in [1.29, 1.82) is 5.26 Å². The van der Waals surface area contributed by atoms with E-state index in [1.54, 1.807) is 0 Å². The first-order chi connectivity index (χ1) is 5.97. The fraction of sp³-hybridized carbons (Fsp3) is 0.875. The summed E-state index contributed by atoms with van der Waals surface area (Å²) in [5, 5.41) is 8.89. The van der Waals surface area contributed by atoms with Gasteiger partial charge in [-0.2, -0.15) is 5.26 Å². The molecule has 0 aromatic heterocycles. The van der Waals surface area contributed by atoms with Crippen LogP contribution in [0.5, 0.6) is 0 Å². The van der Waals surface area contributed by atoms with Gasteiger partial charge in [0.15, 0.2) is 0 Å². The lowest BCUT2D eigenvalue weighted by atomic mass is 9.86. The van der Waals surface area contributed by atoms with Gasteiger partial charge in [0.2, 0.25) is 0 Å². The minimum absolute atomic E-state index is 0.0733. The van der Waals surface area contributed by atoms with E-state index in [-0.39, 0.29) is 5.75 Å². The Bertz CT molecular complexity index is 309. The Morgan fingerprint density at radius 3 is 2.69 bits per heavy atom. The summed E-state index contributed by atoms with van der Waals surface area (Å²) in [5.41, 5.74) is -0.552. The number of nitrogens with zero attached hydrogens (tertiary/aromatic N) is 1. The van der Waals surface area contributed by atoms with Crippen LogP contribution in [-0.2, 0) is 14.6 Å². The maximum atomic E-state index is 10.9. The third-order valence-corrected chi connectivity index (χ3v) is 3.24. The van der Waals surface area contributed by atoms with E-state index in [2.05, 4.69) is 6.07 Å². The molecule has 0 radical (unpaired) electrons. The molecular weight excluding hydrogens is 190 g/mol. The molecule has 1 fully saturated rings. The number of ether oxygens (including phenoxy) is 1. The van der Waals surface area contributed by atoms with Crippen molar-refractivity contribution in [2.45, 2.75) is 12.8 Å². The van der Waals surface area contributed by atoms with Gasteiger partial charge in [-0.15, -0.1) is 0 Å². The summed E-state index contributed by atoms with van der Waals surface area (Å²) < 4.78 is 26.9. The van der Waals surface area contributed by atoms with Gasteiger partial charge in [0.05, 0.1) is 23.8 Å². The smallest absolute Gasteiger partial charge is 0.147 e. The highest BCUT2D eigenvalue weighted by molar-refractivity contribution is 7.90. The van der Waals surface area contributed by atoms with E-state index in [1.165, 1.54) is 6.26 Å². The summed E-state index contributed by atoms with van der Waals surface area (Å²) in [6, 6.07) is 2.16. The lowest BCUT2D eigenvalue weighted by Crippen LogP contribution is -2.22. The first kappa shape index (κ1) is 10.5. The van der Waals surface area contributed by atoms with Crippen molar-refractivity contribution in [3.8, 4) is 6.07 Å². The first-order valence-electron chi connectivity index (χ1n) is 4.14. The largest absolute Gasteiger partial charge is 0.380 e. The number of sulfone groups is 1. The lowest BCUT2D eigenvalue weighted by Gasteiger charge is -2.16. The van der Waals surface area contributed by atoms with Gasteiger partial charge in [0.1, 0.15) is 9.84 Å². The quantitative estimate of drug-likeness (QED) is 0.663. The van der Waals surface area contributed by atoms with E-state index in [9.17, 15) is 8.42 Å². The van der Waals surface area contributed by atoms with E-state index >= 15 is 0 Å². The zero-order chi connectivity index (χ0) is 9.95. The zero-order valence-electron chi connectivity index (χ0n) is 7.62. The highest BCUT2D eigenvalue weighted by atomic mass is 32.2. The Morgan fingerprint density at radius 1 is 1.62 bits per heavy atom. The summed E-state index contributed by atoms with van der Waals surface area (Å²) in [7, 11) is -2.97. The third-order valence-electron chi connectivity index (χ3n) is 2.29. The standard InChI is InChI=1S/C8H13NO3S/c1-13(10,11)5-3-8(6-9)2-4-12-7-8/h2-5,7H2,1H3. The maximum Gasteiger partial charge on any atom is 0.147 e. The zero-order valence-corrected chi connectivity index (χ0v) is 8.43.